The summed E-state index contributed by atoms with van der Waals surface area (Å²) in [6, 6.07) is 1.63. The lowest BCUT2D eigenvalue weighted by Gasteiger charge is -2.30. The molecule has 2 aliphatic heterocycles. The molecule has 1 aromatic rings. The van der Waals surface area contributed by atoms with Crippen LogP contribution in [0.5, 0.6) is 0 Å². The molecule has 1 saturated carbocycles. The molecule has 0 unspecified atom stereocenters. The van der Waals surface area contributed by atoms with Gasteiger partial charge in [-0.05, 0) is 38.2 Å². The van der Waals surface area contributed by atoms with Gasteiger partial charge in [-0.1, -0.05) is 12.8 Å². The summed E-state index contributed by atoms with van der Waals surface area (Å²) in [5.74, 6) is -1.80. The summed E-state index contributed by atoms with van der Waals surface area (Å²) in [4.78, 5) is 40.1. The minimum atomic E-state index is -0.748. The number of carbonyl (C=O) groups is 3. The predicted molar refractivity (Wildman–Crippen MR) is 97.7 cm³/mol. The van der Waals surface area contributed by atoms with Crippen LogP contribution in [0.2, 0.25) is 0 Å². The quantitative estimate of drug-likeness (QED) is 0.803. The Bertz CT molecular complexity index is 836. The number of urea groups is 1. The van der Waals surface area contributed by atoms with Crippen LogP contribution in [0.15, 0.2) is 12.1 Å². The van der Waals surface area contributed by atoms with Crippen LogP contribution >= 0.6 is 0 Å². The summed E-state index contributed by atoms with van der Waals surface area (Å²) in [5, 5.41) is 2.81. The molecule has 2 fully saturated rings. The Balaban J connectivity index is 1.39. The average molecular weight is 391 g/mol. The second-order valence-electron chi connectivity index (χ2n) is 7.81. The van der Waals surface area contributed by atoms with Crippen LogP contribution in [0.4, 0.5) is 19.3 Å². The van der Waals surface area contributed by atoms with Gasteiger partial charge in [0, 0.05) is 31.1 Å². The van der Waals surface area contributed by atoms with E-state index in [-0.39, 0.29) is 30.5 Å². The fourth-order valence-corrected chi connectivity index (χ4v) is 4.59. The molecule has 28 heavy (non-hydrogen) atoms. The smallest absolute Gasteiger partial charge is 0.323 e. The standard InChI is InChI=1S/C20H23F2N3O3/c21-13-11-15(22)14-5-3-9-24(16(14)12-13)17(26)6-4-10-25-18(27)20(23-19(25)28)7-1-2-8-20/h11-12H,1-10H2,(H,23,28). The van der Waals surface area contributed by atoms with Crippen LogP contribution in [0.25, 0.3) is 0 Å². The SMILES string of the molecule is O=C1NC2(CCCC2)C(=O)N1CCCC(=O)N1CCCc2c(F)cc(F)cc21. The molecular formula is C20H23F2N3O3. The van der Waals surface area contributed by atoms with Gasteiger partial charge in [-0.3, -0.25) is 14.5 Å². The van der Waals surface area contributed by atoms with Crippen LogP contribution in [0.3, 0.4) is 0 Å². The molecular weight excluding hydrogens is 368 g/mol. The van der Waals surface area contributed by atoms with E-state index in [1.807, 2.05) is 0 Å². The van der Waals surface area contributed by atoms with E-state index in [0.29, 0.717) is 44.2 Å². The highest BCUT2D eigenvalue weighted by Gasteiger charge is 2.52. The lowest BCUT2D eigenvalue weighted by molar-refractivity contribution is -0.131. The number of benzene rings is 1. The normalized spacial score (nSPS) is 20.6. The summed E-state index contributed by atoms with van der Waals surface area (Å²) in [5.41, 5.74) is -0.103. The molecule has 6 nitrogen and oxygen atoms in total. The number of nitrogens with one attached hydrogen (secondary N) is 1. The number of halogens is 2. The number of hydrogen-bond donors (Lipinski definition) is 1. The zero-order valence-corrected chi connectivity index (χ0v) is 15.6. The monoisotopic (exact) mass is 391 g/mol. The Labute approximate surface area is 161 Å². The van der Waals surface area contributed by atoms with E-state index in [9.17, 15) is 23.2 Å². The lowest BCUT2D eigenvalue weighted by atomic mass is 9.98. The Morgan fingerprint density at radius 3 is 2.64 bits per heavy atom. The van der Waals surface area contributed by atoms with Gasteiger partial charge >= 0.3 is 6.03 Å². The highest BCUT2D eigenvalue weighted by Crippen LogP contribution is 2.35. The maximum atomic E-state index is 14.0. The number of hydrogen-bond acceptors (Lipinski definition) is 3. The molecule has 1 aromatic carbocycles. The number of rotatable bonds is 4. The van der Waals surface area contributed by atoms with Gasteiger partial charge in [0.25, 0.3) is 5.91 Å². The van der Waals surface area contributed by atoms with Crippen molar-refractivity contribution in [2.24, 2.45) is 0 Å². The molecule has 0 radical (unpaired) electrons. The van der Waals surface area contributed by atoms with Crippen molar-refractivity contribution >= 4 is 23.5 Å². The minimum Gasteiger partial charge on any atom is -0.323 e. The van der Waals surface area contributed by atoms with Crippen molar-refractivity contribution in [3.8, 4) is 0 Å². The van der Waals surface area contributed by atoms with Crippen LogP contribution in [0.1, 0.15) is 50.5 Å². The van der Waals surface area contributed by atoms with Crippen molar-refractivity contribution in [2.75, 3.05) is 18.0 Å². The molecule has 3 aliphatic rings. The molecule has 150 valence electrons. The molecule has 0 atom stereocenters. The van der Waals surface area contributed by atoms with Gasteiger partial charge in [-0.25, -0.2) is 13.6 Å². The van der Waals surface area contributed by atoms with Crippen LogP contribution < -0.4 is 10.2 Å². The van der Waals surface area contributed by atoms with Gasteiger partial charge in [-0.15, -0.1) is 0 Å². The predicted octanol–water partition coefficient (Wildman–Crippen LogP) is 2.89. The number of amides is 4. The van der Waals surface area contributed by atoms with Gasteiger partial charge in [-0.2, -0.15) is 0 Å². The van der Waals surface area contributed by atoms with Crippen LogP contribution in [-0.4, -0.2) is 41.4 Å². The summed E-state index contributed by atoms with van der Waals surface area (Å²) in [6.07, 6.45) is 4.65. The van der Waals surface area contributed by atoms with E-state index < -0.39 is 23.2 Å². The number of fused-ring (bicyclic) bond motifs is 1. The second-order valence-corrected chi connectivity index (χ2v) is 7.81. The topological polar surface area (TPSA) is 69.7 Å². The zero-order chi connectivity index (χ0) is 19.9. The van der Waals surface area contributed by atoms with E-state index in [2.05, 4.69) is 5.32 Å². The fraction of sp³-hybridized carbons (Fsp3) is 0.550. The van der Waals surface area contributed by atoms with E-state index in [0.717, 1.165) is 18.9 Å². The maximum Gasteiger partial charge on any atom is 0.325 e. The molecule has 4 amide bonds. The summed E-state index contributed by atoms with van der Waals surface area (Å²) in [7, 11) is 0. The molecule has 1 saturated heterocycles. The molecule has 1 N–H and O–H groups in total. The molecule has 0 aromatic heterocycles. The highest BCUT2D eigenvalue weighted by atomic mass is 19.1. The first kappa shape index (κ1) is 18.8. The Hall–Kier alpha value is -2.51. The molecule has 0 bridgehead atoms. The minimum absolute atomic E-state index is 0.0988. The van der Waals surface area contributed by atoms with Crippen molar-refractivity contribution in [3.05, 3.63) is 29.3 Å². The number of imide groups is 1. The third kappa shape index (κ3) is 3.14. The summed E-state index contributed by atoms with van der Waals surface area (Å²) >= 11 is 0. The third-order valence-electron chi connectivity index (χ3n) is 6.01. The zero-order valence-electron chi connectivity index (χ0n) is 15.6. The van der Waals surface area contributed by atoms with Crippen molar-refractivity contribution in [2.45, 2.75) is 56.9 Å². The first-order valence-electron chi connectivity index (χ1n) is 9.84. The first-order valence-corrected chi connectivity index (χ1v) is 9.84. The van der Waals surface area contributed by atoms with Crippen LogP contribution in [-0.2, 0) is 16.0 Å². The average Bonchev–Trinajstić information content (AvgIpc) is 3.21. The van der Waals surface area contributed by atoms with E-state index >= 15 is 0 Å². The number of carbonyl (C=O) groups excluding carboxylic acids is 3. The van der Waals surface area contributed by atoms with Crippen molar-refractivity contribution in [1.82, 2.24) is 10.2 Å². The molecule has 1 aliphatic carbocycles. The van der Waals surface area contributed by atoms with Crippen molar-refractivity contribution in [1.29, 1.82) is 0 Å². The summed E-state index contributed by atoms with van der Waals surface area (Å²) < 4.78 is 27.6. The van der Waals surface area contributed by atoms with Gasteiger partial charge < -0.3 is 10.2 Å². The van der Waals surface area contributed by atoms with E-state index in [4.69, 9.17) is 0 Å². The fourth-order valence-electron chi connectivity index (χ4n) is 4.59. The van der Waals surface area contributed by atoms with Gasteiger partial charge in [0.2, 0.25) is 5.91 Å². The van der Waals surface area contributed by atoms with E-state index in [1.165, 1.54) is 15.9 Å². The second kappa shape index (κ2) is 7.14. The third-order valence-corrected chi connectivity index (χ3v) is 6.01. The molecule has 2 heterocycles. The largest absolute Gasteiger partial charge is 0.325 e. The van der Waals surface area contributed by atoms with Gasteiger partial charge in [0.15, 0.2) is 0 Å². The van der Waals surface area contributed by atoms with Gasteiger partial charge in [0.05, 0.1) is 5.69 Å². The Morgan fingerprint density at radius 1 is 1.14 bits per heavy atom. The Kier molecular flexibility index (Phi) is 4.81. The van der Waals surface area contributed by atoms with Crippen LogP contribution in [0, 0.1) is 11.6 Å². The lowest BCUT2D eigenvalue weighted by Crippen LogP contribution is -2.44. The Morgan fingerprint density at radius 2 is 1.89 bits per heavy atom. The summed E-state index contributed by atoms with van der Waals surface area (Å²) in [6.45, 7) is 0.567. The van der Waals surface area contributed by atoms with Crippen molar-refractivity contribution in [3.63, 3.8) is 0 Å². The molecule has 4 rings (SSSR count). The molecule has 1 spiro atoms. The van der Waals surface area contributed by atoms with E-state index in [1.54, 1.807) is 0 Å². The maximum absolute atomic E-state index is 14.0. The number of anilines is 1. The molecule has 8 heteroatoms. The number of nitrogens with zero attached hydrogens (tertiary/aromatic N) is 2. The first-order chi connectivity index (χ1) is 13.4. The van der Waals surface area contributed by atoms with Crippen molar-refractivity contribution < 1.29 is 23.2 Å². The highest BCUT2D eigenvalue weighted by molar-refractivity contribution is 6.07. The van der Waals surface area contributed by atoms with Gasteiger partial charge in [0.1, 0.15) is 17.2 Å².